The van der Waals surface area contributed by atoms with Crippen molar-refractivity contribution in [1.29, 1.82) is 0 Å². The van der Waals surface area contributed by atoms with Crippen LogP contribution in [0, 0.1) is 5.92 Å². The zero-order valence-corrected chi connectivity index (χ0v) is 13.9. The molecule has 1 aliphatic carbocycles. The molecule has 1 aliphatic rings. The second-order valence-corrected chi connectivity index (χ2v) is 7.23. The number of benzene rings is 1. The normalized spacial score (nSPS) is 19.3. The number of aliphatic hydroxyl groups is 1. The predicted molar refractivity (Wildman–Crippen MR) is 89.3 cm³/mol. The third-order valence-corrected chi connectivity index (χ3v) is 4.74. The van der Waals surface area contributed by atoms with Crippen LogP contribution in [-0.2, 0) is 5.60 Å². The van der Waals surface area contributed by atoms with Crippen molar-refractivity contribution in [3.8, 4) is 0 Å². The number of rotatable bonds is 7. The number of hydrogen-bond acceptors (Lipinski definition) is 2. The molecule has 1 unspecified atom stereocenters. The van der Waals surface area contributed by atoms with Crippen LogP contribution in [0.1, 0.15) is 58.4 Å². The maximum absolute atomic E-state index is 10.9. The summed E-state index contributed by atoms with van der Waals surface area (Å²) in [6.45, 7) is 8.36. The first-order valence-electron chi connectivity index (χ1n) is 8.51. The summed E-state index contributed by atoms with van der Waals surface area (Å²) in [6, 6.07) is 10.8. The molecular formula is C19H31NO. The lowest BCUT2D eigenvalue weighted by molar-refractivity contribution is 0.00108. The van der Waals surface area contributed by atoms with E-state index in [1.54, 1.807) is 0 Å². The predicted octanol–water partition coefficient (Wildman–Crippen LogP) is 4.18. The molecule has 1 atom stereocenters. The van der Waals surface area contributed by atoms with Crippen molar-refractivity contribution in [3.63, 3.8) is 0 Å². The molecule has 0 aromatic heterocycles. The van der Waals surface area contributed by atoms with E-state index >= 15 is 0 Å². The Morgan fingerprint density at radius 2 is 1.81 bits per heavy atom. The van der Waals surface area contributed by atoms with Gasteiger partial charge in [0, 0.05) is 12.6 Å². The molecule has 1 saturated carbocycles. The molecular weight excluding hydrogens is 258 g/mol. The molecule has 0 bridgehead atoms. The summed E-state index contributed by atoms with van der Waals surface area (Å²) in [6.07, 6.45) is 6.49. The van der Waals surface area contributed by atoms with Crippen LogP contribution in [0.2, 0.25) is 0 Å². The van der Waals surface area contributed by atoms with Gasteiger partial charge >= 0.3 is 0 Å². The number of nitrogens with zero attached hydrogens (tertiary/aromatic N) is 1. The smallest absolute Gasteiger partial charge is 0.0994 e. The van der Waals surface area contributed by atoms with E-state index in [2.05, 4.69) is 18.7 Å². The van der Waals surface area contributed by atoms with Gasteiger partial charge in [0.2, 0.25) is 0 Å². The average Bonchev–Trinajstić information content (AvgIpc) is 2.98. The molecule has 2 heteroatoms. The van der Waals surface area contributed by atoms with Gasteiger partial charge in [-0.05, 0) is 44.2 Å². The number of hydrogen-bond donors (Lipinski definition) is 1. The first-order valence-corrected chi connectivity index (χ1v) is 8.51. The molecule has 0 amide bonds. The monoisotopic (exact) mass is 289 g/mol. The SMILES string of the molecule is CC(C)CCN(CC(C)(O)c1ccccc1)C1CCCC1. The lowest BCUT2D eigenvalue weighted by Crippen LogP contribution is -2.44. The van der Waals surface area contributed by atoms with Crippen molar-refractivity contribution in [3.05, 3.63) is 35.9 Å². The Bertz CT molecular complexity index is 407. The van der Waals surface area contributed by atoms with E-state index in [-0.39, 0.29) is 0 Å². The average molecular weight is 289 g/mol. The van der Waals surface area contributed by atoms with E-state index in [0.717, 1.165) is 24.6 Å². The standard InChI is InChI=1S/C19H31NO/c1-16(2)13-14-20(18-11-7-8-12-18)15-19(3,21)17-9-5-4-6-10-17/h4-6,9-10,16,18,21H,7-8,11-15H2,1-3H3. The van der Waals surface area contributed by atoms with Gasteiger partial charge in [-0.25, -0.2) is 0 Å². The minimum Gasteiger partial charge on any atom is -0.384 e. The van der Waals surface area contributed by atoms with Crippen LogP contribution in [0.5, 0.6) is 0 Å². The largest absolute Gasteiger partial charge is 0.384 e. The van der Waals surface area contributed by atoms with Gasteiger partial charge in [0.15, 0.2) is 0 Å². The molecule has 2 rings (SSSR count). The molecule has 0 radical (unpaired) electrons. The third-order valence-electron chi connectivity index (χ3n) is 4.74. The van der Waals surface area contributed by atoms with Crippen LogP contribution < -0.4 is 0 Å². The molecule has 1 aromatic carbocycles. The van der Waals surface area contributed by atoms with Crippen molar-refractivity contribution in [2.45, 2.75) is 64.5 Å². The minimum absolute atomic E-state index is 0.666. The Balaban J connectivity index is 2.05. The Kier molecular flexibility index (Phi) is 5.83. The van der Waals surface area contributed by atoms with Crippen LogP contribution in [0.25, 0.3) is 0 Å². The van der Waals surface area contributed by atoms with E-state index < -0.39 is 5.60 Å². The molecule has 0 spiro atoms. The van der Waals surface area contributed by atoms with Crippen LogP contribution in [0.15, 0.2) is 30.3 Å². The van der Waals surface area contributed by atoms with Crippen LogP contribution in [-0.4, -0.2) is 29.1 Å². The van der Waals surface area contributed by atoms with Gasteiger partial charge in [0.1, 0.15) is 0 Å². The maximum atomic E-state index is 10.9. The van der Waals surface area contributed by atoms with E-state index in [1.165, 1.54) is 32.1 Å². The lowest BCUT2D eigenvalue weighted by Gasteiger charge is -2.36. The highest BCUT2D eigenvalue weighted by Gasteiger charge is 2.30. The van der Waals surface area contributed by atoms with Gasteiger partial charge in [-0.1, -0.05) is 57.0 Å². The lowest BCUT2D eigenvalue weighted by atomic mass is 9.94. The van der Waals surface area contributed by atoms with Crippen molar-refractivity contribution >= 4 is 0 Å². The molecule has 21 heavy (non-hydrogen) atoms. The fourth-order valence-electron chi connectivity index (χ4n) is 3.37. The van der Waals surface area contributed by atoms with E-state index in [1.807, 2.05) is 37.3 Å². The second-order valence-electron chi connectivity index (χ2n) is 7.23. The van der Waals surface area contributed by atoms with Crippen molar-refractivity contribution in [2.24, 2.45) is 5.92 Å². The quantitative estimate of drug-likeness (QED) is 0.814. The second kappa shape index (κ2) is 7.42. The molecule has 0 saturated heterocycles. The highest BCUT2D eigenvalue weighted by atomic mass is 16.3. The molecule has 0 aliphatic heterocycles. The Morgan fingerprint density at radius 1 is 1.19 bits per heavy atom. The molecule has 0 heterocycles. The summed E-state index contributed by atoms with van der Waals surface area (Å²) in [5.74, 6) is 0.718. The molecule has 1 fully saturated rings. The van der Waals surface area contributed by atoms with Gasteiger partial charge in [0.25, 0.3) is 0 Å². The molecule has 1 N–H and O–H groups in total. The van der Waals surface area contributed by atoms with Crippen LogP contribution >= 0.6 is 0 Å². The molecule has 118 valence electrons. The minimum atomic E-state index is -0.763. The summed E-state index contributed by atoms with van der Waals surface area (Å²) >= 11 is 0. The van der Waals surface area contributed by atoms with Crippen LogP contribution in [0.3, 0.4) is 0 Å². The van der Waals surface area contributed by atoms with Crippen molar-refractivity contribution in [2.75, 3.05) is 13.1 Å². The van der Waals surface area contributed by atoms with Gasteiger partial charge in [0.05, 0.1) is 5.60 Å². The van der Waals surface area contributed by atoms with Crippen molar-refractivity contribution in [1.82, 2.24) is 4.90 Å². The fourth-order valence-corrected chi connectivity index (χ4v) is 3.37. The van der Waals surface area contributed by atoms with Crippen LogP contribution in [0.4, 0.5) is 0 Å². The Morgan fingerprint density at radius 3 is 2.38 bits per heavy atom. The first-order chi connectivity index (χ1) is 9.99. The summed E-state index contributed by atoms with van der Waals surface area (Å²) < 4.78 is 0. The summed E-state index contributed by atoms with van der Waals surface area (Å²) in [5.41, 5.74) is 0.262. The summed E-state index contributed by atoms with van der Waals surface area (Å²) in [4.78, 5) is 2.54. The van der Waals surface area contributed by atoms with E-state index in [4.69, 9.17) is 0 Å². The zero-order valence-electron chi connectivity index (χ0n) is 13.9. The molecule has 2 nitrogen and oxygen atoms in total. The topological polar surface area (TPSA) is 23.5 Å². The van der Waals surface area contributed by atoms with E-state index in [0.29, 0.717) is 6.04 Å². The Labute approximate surface area is 130 Å². The summed E-state index contributed by atoms with van der Waals surface area (Å²) in [5, 5.41) is 10.9. The van der Waals surface area contributed by atoms with Gasteiger partial charge in [-0.15, -0.1) is 0 Å². The van der Waals surface area contributed by atoms with Crippen molar-refractivity contribution < 1.29 is 5.11 Å². The fraction of sp³-hybridized carbons (Fsp3) is 0.684. The first kappa shape index (κ1) is 16.5. The Hall–Kier alpha value is -0.860. The zero-order chi connectivity index (χ0) is 15.3. The third kappa shape index (κ3) is 4.82. The highest BCUT2D eigenvalue weighted by molar-refractivity contribution is 5.21. The van der Waals surface area contributed by atoms with E-state index in [9.17, 15) is 5.11 Å². The van der Waals surface area contributed by atoms with Gasteiger partial charge in [-0.3, -0.25) is 4.90 Å². The highest BCUT2D eigenvalue weighted by Crippen LogP contribution is 2.28. The van der Waals surface area contributed by atoms with Gasteiger partial charge < -0.3 is 5.11 Å². The molecule has 1 aromatic rings. The van der Waals surface area contributed by atoms with Gasteiger partial charge in [-0.2, -0.15) is 0 Å². The summed E-state index contributed by atoms with van der Waals surface area (Å²) in [7, 11) is 0. The maximum Gasteiger partial charge on any atom is 0.0994 e.